The zero-order valence-corrected chi connectivity index (χ0v) is 11.8. The Hall–Kier alpha value is -1.78. The third kappa shape index (κ3) is 2.13. The lowest BCUT2D eigenvalue weighted by molar-refractivity contribution is 1.10. The number of benzene rings is 1. The van der Waals surface area contributed by atoms with Gasteiger partial charge in [-0.3, -0.25) is 5.10 Å². The van der Waals surface area contributed by atoms with Crippen LogP contribution in [0.4, 0.5) is 5.82 Å². The fraction of sp³-hybridized carbons (Fsp3) is 0.0714. The monoisotopic (exact) mass is 289 g/mol. The summed E-state index contributed by atoms with van der Waals surface area (Å²) < 4.78 is 0. The molecule has 0 spiro atoms. The Labute approximate surface area is 120 Å². The van der Waals surface area contributed by atoms with Gasteiger partial charge < -0.3 is 5.73 Å². The number of hydrogen-bond acceptors (Lipinski definition) is 3. The molecule has 0 aliphatic rings. The van der Waals surface area contributed by atoms with Crippen LogP contribution >= 0.6 is 22.9 Å². The molecule has 0 saturated carbocycles. The molecule has 0 aliphatic heterocycles. The van der Waals surface area contributed by atoms with Gasteiger partial charge in [0.05, 0.1) is 11.3 Å². The van der Waals surface area contributed by atoms with E-state index in [9.17, 15) is 0 Å². The molecule has 0 aliphatic carbocycles. The number of rotatable bonds is 2. The van der Waals surface area contributed by atoms with E-state index < -0.39 is 0 Å². The minimum atomic E-state index is 0.489. The van der Waals surface area contributed by atoms with Crippen molar-refractivity contribution in [3.63, 3.8) is 0 Å². The highest BCUT2D eigenvalue weighted by Gasteiger charge is 2.16. The summed E-state index contributed by atoms with van der Waals surface area (Å²) in [5.74, 6) is 0.489. The first-order valence-electron chi connectivity index (χ1n) is 5.79. The molecule has 5 heteroatoms. The minimum absolute atomic E-state index is 0.489. The second-order valence-electron chi connectivity index (χ2n) is 4.34. The average molecular weight is 290 g/mol. The number of halogens is 1. The van der Waals surface area contributed by atoms with Gasteiger partial charge in [-0.15, -0.1) is 0 Å². The third-order valence-corrected chi connectivity index (χ3v) is 4.13. The number of H-pyrrole nitrogens is 1. The Morgan fingerprint density at radius 2 is 2.16 bits per heavy atom. The molecule has 3 N–H and O–H groups in total. The van der Waals surface area contributed by atoms with Gasteiger partial charge in [0.1, 0.15) is 0 Å². The standard InChI is InChI=1S/C14H12ClN3S/c1-8-6-19-7-11(8)13-12(14(16)18-17-13)9-3-2-4-10(15)5-9/h2-7H,1H3,(H3,16,17,18). The number of hydrogen-bond donors (Lipinski definition) is 2. The smallest absolute Gasteiger partial charge is 0.153 e. The van der Waals surface area contributed by atoms with Gasteiger partial charge >= 0.3 is 0 Å². The van der Waals surface area contributed by atoms with Crippen LogP contribution in [0.5, 0.6) is 0 Å². The maximum atomic E-state index is 6.05. The maximum Gasteiger partial charge on any atom is 0.153 e. The molecular formula is C14H12ClN3S. The van der Waals surface area contributed by atoms with E-state index in [-0.39, 0.29) is 0 Å². The van der Waals surface area contributed by atoms with Gasteiger partial charge in [0, 0.05) is 16.0 Å². The summed E-state index contributed by atoms with van der Waals surface area (Å²) in [5, 5.41) is 12.0. The van der Waals surface area contributed by atoms with E-state index >= 15 is 0 Å². The van der Waals surface area contributed by atoms with Crippen LogP contribution in [0, 0.1) is 6.92 Å². The number of aromatic amines is 1. The molecule has 0 fully saturated rings. The molecule has 0 unspecified atom stereocenters. The predicted octanol–water partition coefficient (Wildman–Crippen LogP) is 4.35. The molecule has 0 saturated heterocycles. The summed E-state index contributed by atoms with van der Waals surface area (Å²) in [4.78, 5) is 0. The highest BCUT2D eigenvalue weighted by atomic mass is 35.5. The number of nitrogen functional groups attached to an aromatic ring is 1. The fourth-order valence-corrected chi connectivity index (χ4v) is 3.13. The quantitative estimate of drug-likeness (QED) is 0.737. The summed E-state index contributed by atoms with van der Waals surface area (Å²) in [7, 11) is 0. The number of aryl methyl sites for hydroxylation is 1. The van der Waals surface area contributed by atoms with Crippen LogP contribution in [0.15, 0.2) is 35.0 Å². The SMILES string of the molecule is Cc1cscc1-c1[nH]nc(N)c1-c1cccc(Cl)c1. The lowest BCUT2D eigenvalue weighted by Crippen LogP contribution is -1.88. The van der Waals surface area contributed by atoms with Crippen molar-refractivity contribution in [3.8, 4) is 22.4 Å². The van der Waals surface area contributed by atoms with Gasteiger partial charge in [-0.1, -0.05) is 23.7 Å². The molecule has 2 aromatic heterocycles. The van der Waals surface area contributed by atoms with Crippen molar-refractivity contribution in [3.05, 3.63) is 45.6 Å². The Kier molecular flexibility index (Phi) is 3.05. The minimum Gasteiger partial charge on any atom is -0.382 e. The van der Waals surface area contributed by atoms with Crippen molar-refractivity contribution in [1.29, 1.82) is 0 Å². The topological polar surface area (TPSA) is 54.7 Å². The molecule has 3 rings (SSSR count). The van der Waals surface area contributed by atoms with Crippen LogP contribution in [-0.4, -0.2) is 10.2 Å². The van der Waals surface area contributed by atoms with E-state index in [1.165, 1.54) is 5.56 Å². The summed E-state index contributed by atoms with van der Waals surface area (Å²) >= 11 is 7.72. The van der Waals surface area contributed by atoms with Crippen LogP contribution in [0.3, 0.4) is 0 Å². The molecule has 0 radical (unpaired) electrons. The molecule has 0 atom stereocenters. The molecule has 3 nitrogen and oxygen atoms in total. The molecule has 96 valence electrons. The Morgan fingerprint density at radius 3 is 2.84 bits per heavy atom. The largest absolute Gasteiger partial charge is 0.382 e. The van der Waals surface area contributed by atoms with Gasteiger partial charge in [0.25, 0.3) is 0 Å². The van der Waals surface area contributed by atoms with Crippen molar-refractivity contribution < 1.29 is 0 Å². The number of nitrogens with two attached hydrogens (primary N) is 1. The van der Waals surface area contributed by atoms with Gasteiger partial charge in [-0.05, 0) is 35.6 Å². The number of thiophene rings is 1. The first-order valence-corrected chi connectivity index (χ1v) is 7.12. The highest BCUT2D eigenvalue weighted by molar-refractivity contribution is 7.08. The molecule has 1 aromatic carbocycles. The van der Waals surface area contributed by atoms with E-state index in [4.69, 9.17) is 17.3 Å². The van der Waals surface area contributed by atoms with Crippen LogP contribution in [0.1, 0.15) is 5.56 Å². The van der Waals surface area contributed by atoms with E-state index in [0.29, 0.717) is 10.8 Å². The number of nitrogens with one attached hydrogen (secondary N) is 1. The lowest BCUT2D eigenvalue weighted by Gasteiger charge is -2.05. The lowest BCUT2D eigenvalue weighted by atomic mass is 10.0. The Balaban J connectivity index is 2.22. The number of anilines is 1. The van der Waals surface area contributed by atoms with E-state index in [1.54, 1.807) is 11.3 Å². The highest BCUT2D eigenvalue weighted by Crippen LogP contribution is 2.37. The van der Waals surface area contributed by atoms with Gasteiger partial charge in [-0.2, -0.15) is 16.4 Å². The average Bonchev–Trinajstić information content (AvgIpc) is 2.95. The fourth-order valence-electron chi connectivity index (χ4n) is 2.10. The summed E-state index contributed by atoms with van der Waals surface area (Å²) in [5.41, 5.74) is 11.2. The van der Waals surface area contributed by atoms with Crippen LogP contribution in [0.2, 0.25) is 5.02 Å². The second-order valence-corrected chi connectivity index (χ2v) is 5.52. The molecule has 0 amide bonds. The maximum absolute atomic E-state index is 6.05. The van der Waals surface area contributed by atoms with Crippen LogP contribution in [0.25, 0.3) is 22.4 Å². The predicted molar refractivity (Wildman–Crippen MR) is 81.5 cm³/mol. The molecule has 19 heavy (non-hydrogen) atoms. The molecular weight excluding hydrogens is 278 g/mol. The van der Waals surface area contributed by atoms with Crippen LogP contribution < -0.4 is 5.73 Å². The van der Waals surface area contributed by atoms with E-state index in [1.807, 2.05) is 24.3 Å². The normalized spacial score (nSPS) is 10.8. The van der Waals surface area contributed by atoms with E-state index in [0.717, 1.165) is 22.4 Å². The second kappa shape index (κ2) is 4.72. The van der Waals surface area contributed by atoms with Crippen molar-refractivity contribution in [2.75, 3.05) is 5.73 Å². The molecule has 2 heterocycles. The van der Waals surface area contributed by atoms with E-state index in [2.05, 4.69) is 27.9 Å². The third-order valence-electron chi connectivity index (χ3n) is 3.03. The first kappa shape index (κ1) is 12.3. The van der Waals surface area contributed by atoms with Gasteiger partial charge in [0.15, 0.2) is 5.82 Å². The Morgan fingerprint density at radius 1 is 1.32 bits per heavy atom. The summed E-state index contributed by atoms with van der Waals surface area (Å²) in [6.07, 6.45) is 0. The Bertz CT molecular complexity index is 730. The van der Waals surface area contributed by atoms with Gasteiger partial charge in [0.2, 0.25) is 0 Å². The molecule has 3 aromatic rings. The zero-order valence-electron chi connectivity index (χ0n) is 10.3. The van der Waals surface area contributed by atoms with Gasteiger partial charge in [-0.25, -0.2) is 0 Å². The van der Waals surface area contributed by atoms with Crippen LogP contribution in [-0.2, 0) is 0 Å². The summed E-state index contributed by atoms with van der Waals surface area (Å²) in [6, 6.07) is 7.64. The zero-order chi connectivity index (χ0) is 13.4. The number of aromatic nitrogens is 2. The van der Waals surface area contributed by atoms with Crippen molar-refractivity contribution in [2.24, 2.45) is 0 Å². The van der Waals surface area contributed by atoms with Crippen molar-refractivity contribution in [2.45, 2.75) is 6.92 Å². The number of nitrogens with zero attached hydrogens (tertiary/aromatic N) is 1. The summed E-state index contributed by atoms with van der Waals surface area (Å²) in [6.45, 7) is 2.07. The molecule has 0 bridgehead atoms. The van der Waals surface area contributed by atoms with Crippen molar-refractivity contribution >= 4 is 28.8 Å². The first-order chi connectivity index (χ1) is 9.16. The van der Waals surface area contributed by atoms with Crippen molar-refractivity contribution in [1.82, 2.24) is 10.2 Å².